The van der Waals surface area contributed by atoms with Gasteiger partial charge in [0.1, 0.15) is 34.9 Å². The molecule has 0 spiro atoms. The molecule has 10 heteroatoms. The van der Waals surface area contributed by atoms with Gasteiger partial charge in [0.15, 0.2) is 5.15 Å². The van der Waals surface area contributed by atoms with E-state index in [9.17, 15) is 13.9 Å². The summed E-state index contributed by atoms with van der Waals surface area (Å²) < 4.78 is 28.4. The molecule has 2 heterocycles. The number of halogens is 3. The lowest BCUT2D eigenvalue weighted by molar-refractivity contribution is -0.0170. The van der Waals surface area contributed by atoms with Gasteiger partial charge in [-0.2, -0.15) is 5.10 Å². The molecule has 0 bridgehead atoms. The van der Waals surface area contributed by atoms with Crippen LogP contribution in [0.1, 0.15) is 19.4 Å². The first-order valence-corrected chi connectivity index (χ1v) is 9.09. The van der Waals surface area contributed by atoms with E-state index >= 15 is 0 Å². The lowest BCUT2D eigenvalue weighted by atomic mass is 9.82. The van der Waals surface area contributed by atoms with Crippen molar-refractivity contribution in [3.8, 4) is 0 Å². The Kier molecular flexibility index (Phi) is 5.45. The number of aromatic nitrogens is 5. The number of hydrogen-bond acceptors (Lipinski definition) is 6. The standard InChI is InChI=1S/C17H16ClF2N5OS/c1-16(2,27-15-6-5-14(18)23-24-15)17(26,8-25-10-21-9-22-25)12-4-3-11(19)7-13(12)20/h3-7,9-10,26H,8H2,1-2H3. The minimum absolute atomic E-state index is 0.0566. The number of rotatable bonds is 6. The summed E-state index contributed by atoms with van der Waals surface area (Å²) in [5.41, 5.74) is -1.83. The molecule has 2 aromatic heterocycles. The second kappa shape index (κ2) is 7.49. The highest BCUT2D eigenvalue weighted by Gasteiger charge is 2.48. The first-order valence-electron chi connectivity index (χ1n) is 7.90. The van der Waals surface area contributed by atoms with E-state index in [1.807, 2.05) is 0 Å². The summed E-state index contributed by atoms with van der Waals surface area (Å²) in [6.45, 7) is 3.36. The SMILES string of the molecule is CC(C)(Sc1ccc(Cl)nn1)C(O)(Cn1cncn1)c1ccc(F)cc1F. The molecule has 0 aliphatic heterocycles. The normalized spacial score (nSPS) is 14.1. The third-order valence-corrected chi connectivity index (χ3v) is 5.67. The maximum atomic E-state index is 14.6. The molecule has 1 N–H and O–H groups in total. The van der Waals surface area contributed by atoms with E-state index in [1.165, 1.54) is 35.2 Å². The Morgan fingerprint density at radius 1 is 1.19 bits per heavy atom. The molecule has 3 rings (SSSR count). The summed E-state index contributed by atoms with van der Waals surface area (Å²) in [5, 5.41) is 24.1. The Hall–Kier alpha value is -2.10. The molecule has 1 unspecified atom stereocenters. The van der Waals surface area contributed by atoms with Crippen molar-refractivity contribution in [1.82, 2.24) is 25.0 Å². The van der Waals surface area contributed by atoms with Gasteiger partial charge in [-0.15, -0.1) is 10.2 Å². The highest BCUT2D eigenvalue weighted by atomic mass is 35.5. The fraction of sp³-hybridized carbons (Fsp3) is 0.294. The first kappa shape index (κ1) is 19.7. The predicted molar refractivity (Wildman–Crippen MR) is 97.3 cm³/mol. The molecule has 0 aliphatic carbocycles. The van der Waals surface area contributed by atoms with Crippen LogP contribution in [0.15, 0.2) is 48.0 Å². The predicted octanol–water partition coefficient (Wildman–Crippen LogP) is 3.46. The maximum absolute atomic E-state index is 14.6. The molecular weight excluding hydrogens is 396 g/mol. The van der Waals surface area contributed by atoms with Crippen molar-refractivity contribution in [2.75, 3.05) is 0 Å². The monoisotopic (exact) mass is 411 g/mol. The largest absolute Gasteiger partial charge is 0.382 e. The average molecular weight is 412 g/mol. The fourth-order valence-electron chi connectivity index (χ4n) is 2.68. The van der Waals surface area contributed by atoms with Gasteiger partial charge in [0.25, 0.3) is 0 Å². The van der Waals surface area contributed by atoms with E-state index in [0.29, 0.717) is 5.03 Å². The highest BCUT2D eigenvalue weighted by molar-refractivity contribution is 8.00. The van der Waals surface area contributed by atoms with Crippen LogP contribution < -0.4 is 0 Å². The van der Waals surface area contributed by atoms with Crippen molar-refractivity contribution >= 4 is 23.4 Å². The quantitative estimate of drug-likeness (QED) is 0.626. The number of thioether (sulfide) groups is 1. The molecule has 6 nitrogen and oxygen atoms in total. The topological polar surface area (TPSA) is 76.7 Å². The highest BCUT2D eigenvalue weighted by Crippen LogP contribution is 2.47. The number of hydrogen-bond donors (Lipinski definition) is 1. The van der Waals surface area contributed by atoms with Crippen molar-refractivity contribution in [2.45, 2.75) is 35.8 Å². The summed E-state index contributed by atoms with van der Waals surface area (Å²) >= 11 is 6.95. The molecule has 0 aliphatic rings. The van der Waals surface area contributed by atoms with Crippen LogP contribution in [0.4, 0.5) is 8.78 Å². The van der Waals surface area contributed by atoms with Crippen molar-refractivity contribution in [3.05, 3.63) is 65.3 Å². The summed E-state index contributed by atoms with van der Waals surface area (Å²) in [4.78, 5) is 3.86. The Morgan fingerprint density at radius 3 is 2.56 bits per heavy atom. The number of aliphatic hydroxyl groups is 1. The average Bonchev–Trinajstić information content (AvgIpc) is 3.09. The lowest BCUT2D eigenvalue weighted by Gasteiger charge is -2.42. The van der Waals surface area contributed by atoms with Crippen LogP contribution in [-0.4, -0.2) is 34.8 Å². The molecule has 0 saturated heterocycles. The van der Waals surface area contributed by atoms with Gasteiger partial charge in [-0.3, -0.25) is 0 Å². The van der Waals surface area contributed by atoms with Crippen LogP contribution >= 0.6 is 23.4 Å². The molecule has 1 atom stereocenters. The van der Waals surface area contributed by atoms with Crippen LogP contribution in [0.3, 0.4) is 0 Å². The third-order valence-electron chi connectivity index (χ3n) is 4.20. The van der Waals surface area contributed by atoms with E-state index in [1.54, 1.807) is 26.0 Å². The van der Waals surface area contributed by atoms with Crippen LogP contribution in [-0.2, 0) is 12.1 Å². The van der Waals surface area contributed by atoms with Crippen LogP contribution in [0.2, 0.25) is 5.15 Å². The fourth-order valence-corrected chi connectivity index (χ4v) is 3.86. The van der Waals surface area contributed by atoms with Crippen LogP contribution in [0, 0.1) is 11.6 Å². The van der Waals surface area contributed by atoms with Crippen LogP contribution in [0.25, 0.3) is 0 Å². The van der Waals surface area contributed by atoms with E-state index in [4.69, 9.17) is 11.6 Å². The van der Waals surface area contributed by atoms with Gasteiger partial charge < -0.3 is 5.11 Å². The van der Waals surface area contributed by atoms with Crippen molar-refractivity contribution in [2.24, 2.45) is 0 Å². The molecule has 0 amide bonds. The van der Waals surface area contributed by atoms with Crippen LogP contribution in [0.5, 0.6) is 0 Å². The zero-order valence-electron chi connectivity index (χ0n) is 14.5. The minimum atomic E-state index is -1.77. The summed E-state index contributed by atoms with van der Waals surface area (Å²) in [6, 6.07) is 6.30. The molecule has 3 aromatic rings. The number of nitrogens with zero attached hydrogens (tertiary/aromatic N) is 5. The maximum Gasteiger partial charge on any atom is 0.151 e. The van der Waals surface area contributed by atoms with Gasteiger partial charge in [0.2, 0.25) is 0 Å². The van der Waals surface area contributed by atoms with Gasteiger partial charge in [-0.1, -0.05) is 29.4 Å². The van der Waals surface area contributed by atoms with Gasteiger partial charge in [0, 0.05) is 11.6 Å². The minimum Gasteiger partial charge on any atom is -0.382 e. The van der Waals surface area contributed by atoms with Gasteiger partial charge >= 0.3 is 0 Å². The summed E-state index contributed by atoms with van der Waals surface area (Å²) in [7, 11) is 0. The van der Waals surface area contributed by atoms with Crippen molar-refractivity contribution in [1.29, 1.82) is 0 Å². The first-order chi connectivity index (χ1) is 12.7. The van der Waals surface area contributed by atoms with Gasteiger partial charge in [0.05, 0.1) is 11.3 Å². The molecule has 1 aromatic carbocycles. The zero-order chi connectivity index (χ0) is 19.7. The van der Waals surface area contributed by atoms with Gasteiger partial charge in [-0.25, -0.2) is 18.4 Å². The lowest BCUT2D eigenvalue weighted by Crippen LogP contribution is -2.49. The van der Waals surface area contributed by atoms with Crippen molar-refractivity contribution in [3.63, 3.8) is 0 Å². The Morgan fingerprint density at radius 2 is 1.96 bits per heavy atom. The summed E-state index contributed by atoms with van der Waals surface area (Å²) in [6.07, 6.45) is 2.72. The number of benzene rings is 1. The molecule has 142 valence electrons. The second-order valence-electron chi connectivity index (χ2n) is 6.38. The Labute approximate surface area is 163 Å². The molecule has 0 fully saturated rings. The van der Waals surface area contributed by atoms with E-state index in [0.717, 1.165) is 12.1 Å². The smallest absolute Gasteiger partial charge is 0.151 e. The second-order valence-corrected chi connectivity index (χ2v) is 8.41. The van der Waals surface area contributed by atoms with E-state index in [-0.39, 0.29) is 17.3 Å². The van der Waals surface area contributed by atoms with Gasteiger partial charge in [-0.05, 0) is 32.0 Å². The van der Waals surface area contributed by atoms with E-state index < -0.39 is 22.0 Å². The third kappa shape index (κ3) is 4.10. The molecule has 27 heavy (non-hydrogen) atoms. The molecular formula is C17H16ClF2N5OS. The van der Waals surface area contributed by atoms with Crippen molar-refractivity contribution < 1.29 is 13.9 Å². The Bertz CT molecular complexity index is 924. The molecule has 0 radical (unpaired) electrons. The summed E-state index contributed by atoms with van der Waals surface area (Å²) in [5.74, 6) is -1.58. The zero-order valence-corrected chi connectivity index (χ0v) is 16.0. The van der Waals surface area contributed by atoms with E-state index in [2.05, 4.69) is 20.3 Å². The Balaban J connectivity index is 2.05. The molecule has 0 saturated carbocycles.